The molecule has 0 amide bonds. The third kappa shape index (κ3) is 1.83. The Kier molecular flexibility index (Phi) is 2.08. The number of hydrogen-bond acceptors (Lipinski definition) is 1. The minimum Gasteiger partial charge on any atom is -0.344 e. The van der Waals surface area contributed by atoms with E-state index in [0.29, 0.717) is 6.92 Å². The van der Waals surface area contributed by atoms with Crippen molar-refractivity contribution in [3.63, 3.8) is 0 Å². The van der Waals surface area contributed by atoms with Crippen LogP contribution in [0.25, 0.3) is 0 Å². The van der Waals surface area contributed by atoms with Gasteiger partial charge in [-0.3, -0.25) is 0 Å². The molecule has 0 N–H and O–H groups in total. The molecule has 0 spiro atoms. The van der Waals surface area contributed by atoms with Crippen LogP contribution in [0.3, 0.4) is 0 Å². The Balaban J connectivity index is 4.14. The Morgan fingerprint density at radius 2 is 1.67 bits per heavy atom. The minimum absolute atomic E-state index is 0.424. The van der Waals surface area contributed by atoms with E-state index in [1.165, 1.54) is 0 Å². The lowest BCUT2D eigenvalue weighted by Gasteiger charge is -2.20. The molecular formula is C4H6F3O2. The fourth-order valence-electron chi connectivity index (χ4n) is 0.116. The van der Waals surface area contributed by atoms with Gasteiger partial charge in [0.05, 0.1) is 0 Å². The van der Waals surface area contributed by atoms with Gasteiger partial charge in [0.25, 0.3) is 5.79 Å². The smallest absolute Gasteiger partial charge is 0.344 e. The molecule has 1 atom stereocenters. The molecular weight excluding hydrogens is 137 g/mol. The fraction of sp³-hybridized carbons (Fsp3) is 1.00. The molecule has 0 rings (SSSR count). The number of ether oxygens (including phenoxy) is 1. The van der Waals surface area contributed by atoms with E-state index in [4.69, 9.17) is 0 Å². The van der Waals surface area contributed by atoms with Gasteiger partial charge in [0.1, 0.15) is 0 Å². The highest BCUT2D eigenvalue weighted by Gasteiger charge is 2.52. The second kappa shape index (κ2) is 2.15. The van der Waals surface area contributed by atoms with E-state index in [2.05, 4.69) is 4.74 Å². The van der Waals surface area contributed by atoms with E-state index in [9.17, 15) is 18.3 Å². The van der Waals surface area contributed by atoms with Crippen LogP contribution in [0, 0.1) is 0 Å². The molecule has 0 heterocycles. The second-order valence-corrected chi connectivity index (χ2v) is 1.65. The fourth-order valence-corrected chi connectivity index (χ4v) is 0.116. The number of rotatable bonds is 1. The summed E-state index contributed by atoms with van der Waals surface area (Å²) >= 11 is 0. The van der Waals surface area contributed by atoms with E-state index in [1.807, 2.05) is 0 Å². The highest BCUT2D eigenvalue weighted by Crippen LogP contribution is 2.30. The Labute approximate surface area is 50.2 Å². The maximum absolute atomic E-state index is 11.4. The molecule has 1 radical (unpaired) electrons. The maximum Gasteiger partial charge on any atom is 0.445 e. The third-order valence-electron chi connectivity index (χ3n) is 0.904. The highest BCUT2D eigenvalue weighted by atomic mass is 19.4. The Morgan fingerprint density at radius 1 is 1.33 bits per heavy atom. The zero-order valence-corrected chi connectivity index (χ0v) is 4.95. The standard InChI is InChI=1S/C4H6F3O2/c1-3(8,9-2)4(5,6)7/h1-2H3. The summed E-state index contributed by atoms with van der Waals surface area (Å²) in [6, 6.07) is 0. The van der Waals surface area contributed by atoms with Gasteiger partial charge < -0.3 is 4.74 Å². The van der Waals surface area contributed by atoms with Crippen molar-refractivity contribution in [2.24, 2.45) is 0 Å². The lowest BCUT2D eigenvalue weighted by Crippen LogP contribution is -2.42. The summed E-state index contributed by atoms with van der Waals surface area (Å²) in [5.41, 5.74) is 0. The van der Waals surface area contributed by atoms with Gasteiger partial charge >= 0.3 is 6.18 Å². The summed E-state index contributed by atoms with van der Waals surface area (Å²) in [5, 5.41) is 10.1. The van der Waals surface area contributed by atoms with Crippen molar-refractivity contribution in [2.75, 3.05) is 7.11 Å². The molecule has 0 aromatic rings. The topological polar surface area (TPSA) is 29.1 Å². The number of alkyl halides is 3. The molecule has 9 heavy (non-hydrogen) atoms. The van der Waals surface area contributed by atoms with Crippen LogP contribution in [-0.4, -0.2) is 19.1 Å². The van der Waals surface area contributed by atoms with Gasteiger partial charge in [-0.05, 0) is 0 Å². The number of methoxy groups -OCH3 is 1. The van der Waals surface area contributed by atoms with Crippen LogP contribution in [0.15, 0.2) is 0 Å². The Bertz CT molecular complexity index is 96.5. The van der Waals surface area contributed by atoms with E-state index in [0.717, 1.165) is 7.11 Å². The first kappa shape index (κ1) is 8.71. The first-order valence-corrected chi connectivity index (χ1v) is 2.13. The van der Waals surface area contributed by atoms with E-state index in [1.54, 1.807) is 0 Å². The van der Waals surface area contributed by atoms with E-state index >= 15 is 0 Å². The molecule has 0 fully saturated rings. The van der Waals surface area contributed by atoms with Gasteiger partial charge in [-0.1, -0.05) is 0 Å². The predicted molar refractivity (Wildman–Crippen MR) is 22.2 cm³/mol. The van der Waals surface area contributed by atoms with E-state index in [-0.39, 0.29) is 0 Å². The SMILES string of the molecule is COC(C)([O])C(F)(F)F. The molecule has 0 aromatic heterocycles. The van der Waals surface area contributed by atoms with Crippen molar-refractivity contribution in [3.8, 4) is 0 Å². The third-order valence-corrected chi connectivity index (χ3v) is 0.904. The van der Waals surface area contributed by atoms with Gasteiger partial charge in [-0.25, -0.2) is 0 Å². The normalized spacial score (nSPS) is 19.3. The van der Waals surface area contributed by atoms with Gasteiger partial charge in [-0.15, -0.1) is 0 Å². The lowest BCUT2D eigenvalue weighted by atomic mass is 10.3. The first-order chi connectivity index (χ1) is 3.81. The van der Waals surface area contributed by atoms with Crippen molar-refractivity contribution in [3.05, 3.63) is 0 Å². The predicted octanol–water partition coefficient (Wildman–Crippen LogP) is 1.34. The van der Waals surface area contributed by atoms with Crippen molar-refractivity contribution in [1.29, 1.82) is 0 Å². The molecule has 0 saturated carbocycles. The Morgan fingerprint density at radius 3 is 1.67 bits per heavy atom. The summed E-state index contributed by atoms with van der Waals surface area (Å²) < 4.78 is 37.8. The highest BCUT2D eigenvalue weighted by molar-refractivity contribution is 4.68. The monoisotopic (exact) mass is 143 g/mol. The molecule has 2 nitrogen and oxygen atoms in total. The molecule has 5 heteroatoms. The van der Waals surface area contributed by atoms with Crippen LogP contribution in [0.5, 0.6) is 0 Å². The first-order valence-electron chi connectivity index (χ1n) is 2.13. The van der Waals surface area contributed by atoms with Gasteiger partial charge in [0.15, 0.2) is 0 Å². The average Bonchev–Trinajstić information content (AvgIpc) is 1.64. The number of halogens is 3. The zero-order valence-electron chi connectivity index (χ0n) is 4.95. The molecule has 1 unspecified atom stereocenters. The second-order valence-electron chi connectivity index (χ2n) is 1.65. The molecule has 0 saturated heterocycles. The van der Waals surface area contributed by atoms with Crippen molar-refractivity contribution >= 4 is 0 Å². The largest absolute Gasteiger partial charge is 0.445 e. The average molecular weight is 143 g/mol. The molecule has 0 aliphatic heterocycles. The van der Waals surface area contributed by atoms with Crippen molar-refractivity contribution < 1.29 is 23.0 Å². The summed E-state index contributed by atoms with van der Waals surface area (Å²) in [5.74, 6) is -3.27. The van der Waals surface area contributed by atoms with Crippen molar-refractivity contribution in [2.45, 2.75) is 18.9 Å². The number of hydrogen-bond donors (Lipinski definition) is 0. The molecule has 55 valence electrons. The molecule has 0 aliphatic rings. The molecule has 0 bridgehead atoms. The summed E-state index contributed by atoms with van der Waals surface area (Å²) in [7, 11) is 0.723. The van der Waals surface area contributed by atoms with Crippen LogP contribution >= 0.6 is 0 Å². The van der Waals surface area contributed by atoms with Crippen LogP contribution in [-0.2, 0) is 9.84 Å². The lowest BCUT2D eigenvalue weighted by molar-refractivity contribution is -0.371. The quantitative estimate of drug-likeness (QED) is 0.509. The maximum atomic E-state index is 11.4. The van der Waals surface area contributed by atoms with Crippen LogP contribution < -0.4 is 0 Å². The minimum atomic E-state index is -4.83. The van der Waals surface area contributed by atoms with Crippen LogP contribution in [0.4, 0.5) is 13.2 Å². The Hall–Kier alpha value is -0.290. The summed E-state index contributed by atoms with van der Waals surface area (Å²) in [6.07, 6.45) is -4.83. The van der Waals surface area contributed by atoms with Crippen molar-refractivity contribution in [1.82, 2.24) is 0 Å². The summed E-state index contributed by atoms with van der Waals surface area (Å²) in [4.78, 5) is 0. The molecule has 0 aromatic carbocycles. The van der Waals surface area contributed by atoms with Gasteiger partial charge in [-0.2, -0.15) is 18.3 Å². The van der Waals surface area contributed by atoms with Gasteiger partial charge in [0.2, 0.25) is 0 Å². The van der Waals surface area contributed by atoms with E-state index < -0.39 is 12.0 Å². The van der Waals surface area contributed by atoms with Crippen LogP contribution in [0.1, 0.15) is 6.92 Å². The molecule has 0 aliphatic carbocycles. The summed E-state index contributed by atoms with van der Waals surface area (Å²) in [6.45, 7) is 0.424. The van der Waals surface area contributed by atoms with Crippen LogP contribution in [0.2, 0.25) is 0 Å². The van der Waals surface area contributed by atoms with Gasteiger partial charge in [0, 0.05) is 14.0 Å². The zero-order chi connectivity index (χ0) is 7.71.